The summed E-state index contributed by atoms with van der Waals surface area (Å²) >= 11 is 0. The van der Waals surface area contributed by atoms with Crippen molar-refractivity contribution in [1.29, 1.82) is 0 Å². The highest BCUT2D eigenvalue weighted by Gasteiger charge is 2.36. The minimum absolute atomic E-state index is 0.0310. The molecule has 0 bridgehead atoms. The van der Waals surface area contributed by atoms with E-state index >= 15 is 0 Å². The molecule has 0 radical (unpaired) electrons. The molecule has 0 atom stereocenters. The zero-order chi connectivity index (χ0) is 12.4. The Kier molecular flexibility index (Phi) is 3.79. The number of benzene rings is 1. The first-order valence-electron chi connectivity index (χ1n) is 6.00. The van der Waals surface area contributed by atoms with Crippen LogP contribution < -0.4 is 0 Å². The Morgan fingerprint density at radius 3 is 2.24 bits per heavy atom. The van der Waals surface area contributed by atoms with Gasteiger partial charge in [-0.15, -0.1) is 0 Å². The lowest BCUT2D eigenvalue weighted by molar-refractivity contribution is 0.425. The zero-order valence-corrected chi connectivity index (χ0v) is 11.3. The van der Waals surface area contributed by atoms with E-state index in [2.05, 4.69) is 12.1 Å². The molecule has 4 heteroatoms. The van der Waals surface area contributed by atoms with Gasteiger partial charge in [-0.25, -0.2) is 8.42 Å². The van der Waals surface area contributed by atoms with Crippen molar-refractivity contribution in [3.8, 4) is 0 Å². The molecule has 0 saturated heterocycles. The minimum atomic E-state index is -3.39. The number of rotatable bonds is 4. The Balaban J connectivity index is 2.22. The fraction of sp³-hybridized carbons (Fsp3) is 0.538. The van der Waals surface area contributed by atoms with Crippen LogP contribution in [-0.2, 0) is 14.5 Å². The number of hydrogen-bond donors (Lipinski definition) is 0. The third kappa shape index (κ3) is 3.23. The van der Waals surface area contributed by atoms with Crippen molar-refractivity contribution >= 4 is 19.7 Å². The molecule has 2 nitrogen and oxygen atoms in total. The van der Waals surface area contributed by atoms with Crippen LogP contribution in [0, 0.1) is 0 Å². The van der Waals surface area contributed by atoms with Gasteiger partial charge in [0.1, 0.15) is 0 Å². The first-order valence-corrected chi connectivity index (χ1v) is 8.48. The molecule has 1 aliphatic rings. The summed E-state index contributed by atoms with van der Waals surface area (Å²) in [5.74, 6) is 0.0729. The average Bonchev–Trinajstić information content (AvgIpc) is 2.77. The van der Waals surface area contributed by atoms with Gasteiger partial charge in [-0.3, -0.25) is 0 Å². The molecule has 0 heterocycles. The second-order valence-electron chi connectivity index (χ2n) is 4.85. The maximum atomic E-state index is 11.1. The molecule has 0 unspecified atom stereocenters. The molecule has 1 aromatic carbocycles. The van der Waals surface area contributed by atoms with Crippen molar-refractivity contribution < 1.29 is 8.42 Å². The molecule has 1 saturated carbocycles. The number of hydrogen-bond acceptors (Lipinski definition) is 2. The smallest absolute Gasteiger partial charge is 0.212 e. The second kappa shape index (κ2) is 4.99. The van der Waals surface area contributed by atoms with Crippen LogP contribution in [0.3, 0.4) is 0 Å². The topological polar surface area (TPSA) is 34.1 Å². The van der Waals surface area contributed by atoms with E-state index in [0.717, 1.165) is 12.8 Å². The Morgan fingerprint density at radius 1 is 1.12 bits per heavy atom. The van der Waals surface area contributed by atoms with Crippen LogP contribution >= 0.6 is 10.7 Å². The summed E-state index contributed by atoms with van der Waals surface area (Å²) in [5, 5.41) is 0. The van der Waals surface area contributed by atoms with Gasteiger partial charge < -0.3 is 0 Å². The van der Waals surface area contributed by atoms with Gasteiger partial charge in [0.2, 0.25) is 9.05 Å². The van der Waals surface area contributed by atoms with Crippen molar-refractivity contribution in [2.24, 2.45) is 0 Å². The molecule has 1 fully saturated rings. The number of halogens is 1. The second-order valence-corrected chi connectivity index (χ2v) is 7.74. The van der Waals surface area contributed by atoms with Crippen LogP contribution in [-0.4, -0.2) is 14.2 Å². The lowest BCUT2D eigenvalue weighted by Crippen LogP contribution is -2.24. The Hall–Kier alpha value is -0.540. The van der Waals surface area contributed by atoms with E-state index in [1.165, 1.54) is 18.4 Å². The van der Waals surface area contributed by atoms with Gasteiger partial charge in [0.05, 0.1) is 5.75 Å². The lowest BCUT2D eigenvalue weighted by Gasteiger charge is -2.29. The first-order chi connectivity index (χ1) is 8.02. The summed E-state index contributed by atoms with van der Waals surface area (Å²) in [5.41, 5.74) is 1.29. The van der Waals surface area contributed by atoms with Crippen LogP contribution in [0.4, 0.5) is 0 Å². The van der Waals surface area contributed by atoms with Crippen LogP contribution in [0.2, 0.25) is 0 Å². The highest BCUT2D eigenvalue weighted by Crippen LogP contribution is 2.44. The average molecular weight is 273 g/mol. The molecule has 2 rings (SSSR count). The quantitative estimate of drug-likeness (QED) is 0.787. The Bertz CT molecular complexity index is 461. The third-order valence-electron chi connectivity index (χ3n) is 3.77. The van der Waals surface area contributed by atoms with Crippen LogP contribution in [0.15, 0.2) is 30.3 Å². The van der Waals surface area contributed by atoms with Gasteiger partial charge in [-0.2, -0.15) is 0 Å². The maximum Gasteiger partial charge on any atom is 0.232 e. The fourth-order valence-electron chi connectivity index (χ4n) is 2.84. The van der Waals surface area contributed by atoms with Crippen molar-refractivity contribution in [3.63, 3.8) is 0 Å². The molecule has 1 aromatic rings. The molecular formula is C13H17ClO2S. The first kappa shape index (κ1) is 12.9. The highest BCUT2D eigenvalue weighted by atomic mass is 35.7. The molecule has 0 aromatic heterocycles. The zero-order valence-electron chi connectivity index (χ0n) is 9.73. The minimum Gasteiger partial charge on any atom is -0.212 e. The summed E-state index contributed by atoms with van der Waals surface area (Å²) in [6.45, 7) is 0. The van der Waals surface area contributed by atoms with Crippen molar-refractivity contribution in [2.45, 2.75) is 37.5 Å². The van der Waals surface area contributed by atoms with Crippen LogP contribution in [0.5, 0.6) is 0 Å². The van der Waals surface area contributed by atoms with Crippen LogP contribution in [0.25, 0.3) is 0 Å². The molecule has 0 spiro atoms. The summed E-state index contributed by atoms with van der Waals surface area (Å²) < 4.78 is 22.3. The standard InChI is InChI=1S/C13H17ClO2S/c14-17(15,16)11-10-13(8-4-5-9-13)12-6-2-1-3-7-12/h1-3,6-7H,4-5,8-11H2. The van der Waals surface area contributed by atoms with Crippen molar-refractivity contribution in [1.82, 2.24) is 0 Å². The largest absolute Gasteiger partial charge is 0.232 e. The Labute approximate surface area is 107 Å². The van der Waals surface area contributed by atoms with E-state index in [4.69, 9.17) is 10.7 Å². The normalized spacial score (nSPS) is 19.4. The molecule has 1 aliphatic carbocycles. The SMILES string of the molecule is O=S(=O)(Cl)CCC1(c2ccccc2)CCCC1. The summed E-state index contributed by atoms with van der Waals surface area (Å²) in [6, 6.07) is 10.2. The highest BCUT2D eigenvalue weighted by molar-refractivity contribution is 8.13. The van der Waals surface area contributed by atoms with E-state index in [9.17, 15) is 8.42 Å². The summed E-state index contributed by atoms with van der Waals surface area (Å²) in [6.07, 6.45) is 5.14. The van der Waals surface area contributed by atoms with Gasteiger partial charge in [0, 0.05) is 10.7 Å². The van der Waals surface area contributed by atoms with Crippen molar-refractivity contribution in [2.75, 3.05) is 5.75 Å². The van der Waals surface area contributed by atoms with Crippen LogP contribution in [0.1, 0.15) is 37.7 Å². The molecular weight excluding hydrogens is 256 g/mol. The maximum absolute atomic E-state index is 11.1. The lowest BCUT2D eigenvalue weighted by atomic mass is 9.77. The van der Waals surface area contributed by atoms with E-state index in [1.807, 2.05) is 18.2 Å². The molecule has 17 heavy (non-hydrogen) atoms. The third-order valence-corrected chi connectivity index (χ3v) is 4.93. The summed E-state index contributed by atoms with van der Waals surface area (Å²) in [7, 11) is 1.95. The van der Waals surface area contributed by atoms with Gasteiger partial charge >= 0.3 is 0 Å². The van der Waals surface area contributed by atoms with E-state index in [1.54, 1.807) is 0 Å². The monoisotopic (exact) mass is 272 g/mol. The predicted octanol–water partition coefficient (Wildman–Crippen LogP) is 3.46. The molecule has 0 amide bonds. The van der Waals surface area contributed by atoms with Gasteiger partial charge in [-0.05, 0) is 30.2 Å². The van der Waals surface area contributed by atoms with Gasteiger partial charge in [0.25, 0.3) is 0 Å². The molecule has 0 N–H and O–H groups in total. The fourth-order valence-corrected chi connectivity index (χ4v) is 3.71. The van der Waals surface area contributed by atoms with E-state index in [0.29, 0.717) is 6.42 Å². The van der Waals surface area contributed by atoms with E-state index in [-0.39, 0.29) is 11.2 Å². The molecule has 94 valence electrons. The van der Waals surface area contributed by atoms with Gasteiger partial charge in [-0.1, -0.05) is 43.2 Å². The van der Waals surface area contributed by atoms with Gasteiger partial charge in [0.15, 0.2) is 0 Å². The predicted molar refractivity (Wildman–Crippen MR) is 70.8 cm³/mol. The summed E-state index contributed by atoms with van der Waals surface area (Å²) in [4.78, 5) is 0. The molecule has 0 aliphatic heterocycles. The van der Waals surface area contributed by atoms with Crippen molar-refractivity contribution in [3.05, 3.63) is 35.9 Å². The Morgan fingerprint density at radius 2 is 1.71 bits per heavy atom. The van der Waals surface area contributed by atoms with E-state index < -0.39 is 9.05 Å².